The highest BCUT2D eigenvalue weighted by Crippen LogP contribution is 2.22. The predicted molar refractivity (Wildman–Crippen MR) is 76.2 cm³/mol. The summed E-state index contributed by atoms with van der Waals surface area (Å²) in [5.41, 5.74) is 1.10. The molecule has 0 saturated heterocycles. The van der Waals surface area contributed by atoms with Crippen molar-refractivity contribution in [2.24, 2.45) is 0 Å². The summed E-state index contributed by atoms with van der Waals surface area (Å²) in [5, 5.41) is 0.717. The molecule has 0 unspecified atom stereocenters. The second-order valence-corrected chi connectivity index (χ2v) is 5.04. The van der Waals surface area contributed by atoms with Crippen LogP contribution in [0.2, 0.25) is 10.0 Å². The molecule has 2 rings (SSSR count). The monoisotopic (exact) mass is 295 g/mol. The molecular weight excluding hydrogens is 285 g/mol. The third-order valence-corrected chi connectivity index (χ3v) is 3.45. The summed E-state index contributed by atoms with van der Waals surface area (Å²) < 4.78 is 1.36. The SMILES string of the molecule is Cc1ccn(CC(=O)c2ccc(Cl)c(Cl)c2)c(=O)c1. The molecule has 3 nitrogen and oxygen atoms in total. The Bertz CT molecular complexity index is 692. The number of hydrogen-bond acceptors (Lipinski definition) is 2. The van der Waals surface area contributed by atoms with Crippen LogP contribution in [0, 0.1) is 6.92 Å². The molecule has 1 aromatic carbocycles. The van der Waals surface area contributed by atoms with Gasteiger partial charge in [-0.25, -0.2) is 0 Å². The van der Waals surface area contributed by atoms with E-state index in [4.69, 9.17) is 23.2 Å². The van der Waals surface area contributed by atoms with Gasteiger partial charge in [0, 0.05) is 17.8 Å². The summed E-state index contributed by atoms with van der Waals surface area (Å²) in [6, 6.07) is 7.93. The van der Waals surface area contributed by atoms with Gasteiger partial charge in [0.1, 0.15) is 0 Å². The Labute approximate surface area is 120 Å². The Morgan fingerprint density at radius 2 is 1.89 bits per heavy atom. The van der Waals surface area contributed by atoms with Gasteiger partial charge < -0.3 is 4.57 Å². The van der Waals surface area contributed by atoms with Gasteiger partial charge in [-0.1, -0.05) is 23.2 Å². The lowest BCUT2D eigenvalue weighted by atomic mass is 10.1. The maximum Gasteiger partial charge on any atom is 0.251 e. The van der Waals surface area contributed by atoms with Crippen LogP contribution in [0.5, 0.6) is 0 Å². The van der Waals surface area contributed by atoms with Gasteiger partial charge in [0.05, 0.1) is 16.6 Å². The van der Waals surface area contributed by atoms with Crippen LogP contribution in [-0.4, -0.2) is 10.4 Å². The van der Waals surface area contributed by atoms with Gasteiger partial charge in [0.15, 0.2) is 5.78 Å². The smallest absolute Gasteiger partial charge is 0.251 e. The number of aryl methyl sites for hydroxylation is 1. The summed E-state index contributed by atoms with van der Waals surface area (Å²) in [5.74, 6) is -0.190. The largest absolute Gasteiger partial charge is 0.308 e. The van der Waals surface area contributed by atoms with E-state index in [-0.39, 0.29) is 17.9 Å². The van der Waals surface area contributed by atoms with E-state index in [1.807, 2.05) is 6.92 Å². The van der Waals surface area contributed by atoms with Crippen molar-refractivity contribution in [3.63, 3.8) is 0 Å². The molecule has 0 N–H and O–H groups in total. The number of halogens is 2. The van der Waals surface area contributed by atoms with Crippen molar-refractivity contribution in [1.82, 2.24) is 4.57 Å². The van der Waals surface area contributed by atoms with E-state index in [9.17, 15) is 9.59 Å². The lowest BCUT2D eigenvalue weighted by Crippen LogP contribution is -2.23. The molecule has 0 spiro atoms. The molecule has 1 heterocycles. The lowest BCUT2D eigenvalue weighted by Gasteiger charge is -2.06. The van der Waals surface area contributed by atoms with Crippen LogP contribution in [0.25, 0.3) is 0 Å². The number of Topliss-reactive ketones (excluding diaryl/α,β-unsaturated/α-hetero) is 1. The Kier molecular flexibility index (Phi) is 4.08. The first-order chi connectivity index (χ1) is 8.97. The molecule has 2 aromatic rings. The normalized spacial score (nSPS) is 10.5. The van der Waals surface area contributed by atoms with Crippen LogP contribution in [0.1, 0.15) is 15.9 Å². The van der Waals surface area contributed by atoms with Crippen LogP contribution in [0.3, 0.4) is 0 Å². The molecule has 0 aliphatic heterocycles. The predicted octanol–water partition coefficient (Wildman–Crippen LogP) is 3.35. The summed E-state index contributed by atoms with van der Waals surface area (Å²) in [6.45, 7) is 1.81. The number of ketones is 1. The number of carbonyl (C=O) groups is 1. The first kappa shape index (κ1) is 13.8. The fraction of sp³-hybridized carbons (Fsp3) is 0.143. The van der Waals surface area contributed by atoms with Gasteiger partial charge >= 0.3 is 0 Å². The number of nitrogens with zero attached hydrogens (tertiary/aromatic N) is 1. The second kappa shape index (κ2) is 5.59. The van der Waals surface area contributed by atoms with Gasteiger partial charge in [-0.3, -0.25) is 9.59 Å². The number of rotatable bonds is 3. The zero-order valence-corrected chi connectivity index (χ0v) is 11.7. The third kappa shape index (κ3) is 3.25. The van der Waals surface area contributed by atoms with E-state index in [2.05, 4.69) is 0 Å². The van der Waals surface area contributed by atoms with E-state index in [1.54, 1.807) is 24.4 Å². The van der Waals surface area contributed by atoms with Crippen molar-refractivity contribution in [2.45, 2.75) is 13.5 Å². The zero-order chi connectivity index (χ0) is 14.0. The van der Waals surface area contributed by atoms with Gasteiger partial charge in [-0.2, -0.15) is 0 Å². The zero-order valence-electron chi connectivity index (χ0n) is 10.2. The Hall–Kier alpha value is -1.58. The maximum atomic E-state index is 12.1. The molecular formula is C14H11Cl2NO2. The topological polar surface area (TPSA) is 39.1 Å². The Morgan fingerprint density at radius 3 is 2.53 bits per heavy atom. The summed E-state index contributed by atoms with van der Waals surface area (Å²) in [6.07, 6.45) is 1.60. The second-order valence-electron chi connectivity index (χ2n) is 4.22. The van der Waals surface area contributed by atoms with Crippen molar-refractivity contribution < 1.29 is 4.79 Å². The Balaban J connectivity index is 2.25. The number of aromatic nitrogens is 1. The fourth-order valence-corrected chi connectivity index (χ4v) is 1.95. The van der Waals surface area contributed by atoms with E-state index < -0.39 is 0 Å². The summed E-state index contributed by atoms with van der Waals surface area (Å²) >= 11 is 11.6. The molecule has 0 radical (unpaired) electrons. The number of benzene rings is 1. The highest BCUT2D eigenvalue weighted by molar-refractivity contribution is 6.42. The molecule has 5 heteroatoms. The maximum absolute atomic E-state index is 12.1. The minimum atomic E-state index is -0.201. The number of carbonyl (C=O) groups excluding carboxylic acids is 1. The summed E-state index contributed by atoms with van der Waals surface area (Å²) in [7, 11) is 0. The molecule has 0 saturated carbocycles. The number of hydrogen-bond donors (Lipinski definition) is 0. The standard InChI is InChI=1S/C14H11Cl2NO2/c1-9-4-5-17(14(19)6-9)8-13(18)10-2-3-11(15)12(16)7-10/h2-7H,8H2,1H3. The lowest BCUT2D eigenvalue weighted by molar-refractivity contribution is 0.0971. The van der Waals surface area contributed by atoms with Crippen LogP contribution < -0.4 is 5.56 Å². The molecule has 98 valence electrons. The molecule has 0 bridgehead atoms. The van der Waals surface area contributed by atoms with E-state index >= 15 is 0 Å². The van der Waals surface area contributed by atoms with E-state index in [0.29, 0.717) is 15.6 Å². The molecule has 0 atom stereocenters. The average molecular weight is 296 g/mol. The minimum Gasteiger partial charge on any atom is -0.308 e. The molecule has 1 aromatic heterocycles. The van der Waals surface area contributed by atoms with Gasteiger partial charge in [0.2, 0.25) is 0 Å². The molecule has 0 aliphatic rings. The van der Waals surface area contributed by atoms with Crippen molar-refractivity contribution in [2.75, 3.05) is 0 Å². The fourth-order valence-electron chi connectivity index (χ4n) is 1.65. The number of pyridine rings is 1. The first-order valence-electron chi connectivity index (χ1n) is 5.63. The van der Waals surface area contributed by atoms with E-state index in [1.165, 1.54) is 16.7 Å². The highest BCUT2D eigenvalue weighted by atomic mass is 35.5. The summed E-state index contributed by atoms with van der Waals surface area (Å²) in [4.78, 5) is 23.7. The quantitative estimate of drug-likeness (QED) is 0.815. The van der Waals surface area contributed by atoms with Crippen molar-refractivity contribution >= 4 is 29.0 Å². The van der Waals surface area contributed by atoms with Gasteiger partial charge in [-0.15, -0.1) is 0 Å². The van der Waals surface area contributed by atoms with Crippen LogP contribution in [0.4, 0.5) is 0 Å². The van der Waals surface area contributed by atoms with E-state index in [0.717, 1.165) is 5.56 Å². The minimum absolute atomic E-state index is 0.0168. The molecule has 0 amide bonds. The van der Waals surface area contributed by atoms with Crippen molar-refractivity contribution in [1.29, 1.82) is 0 Å². The van der Waals surface area contributed by atoms with Crippen molar-refractivity contribution in [3.8, 4) is 0 Å². The third-order valence-electron chi connectivity index (χ3n) is 2.71. The van der Waals surface area contributed by atoms with Crippen LogP contribution in [-0.2, 0) is 6.54 Å². The Morgan fingerprint density at radius 1 is 1.16 bits per heavy atom. The van der Waals surface area contributed by atoms with Crippen molar-refractivity contribution in [3.05, 3.63) is 68.1 Å². The molecule has 19 heavy (non-hydrogen) atoms. The average Bonchev–Trinajstić information content (AvgIpc) is 2.36. The van der Waals surface area contributed by atoms with Gasteiger partial charge in [0.25, 0.3) is 5.56 Å². The van der Waals surface area contributed by atoms with Crippen LogP contribution in [0.15, 0.2) is 41.3 Å². The van der Waals surface area contributed by atoms with Gasteiger partial charge in [-0.05, 0) is 36.8 Å². The molecule has 0 fully saturated rings. The van der Waals surface area contributed by atoms with Crippen LogP contribution >= 0.6 is 23.2 Å². The highest BCUT2D eigenvalue weighted by Gasteiger charge is 2.09. The first-order valence-corrected chi connectivity index (χ1v) is 6.38. The molecule has 0 aliphatic carbocycles.